The zero-order chi connectivity index (χ0) is 20.7. The summed E-state index contributed by atoms with van der Waals surface area (Å²) in [6.07, 6.45) is 1.74. The Kier molecular flexibility index (Phi) is 8.02. The molecule has 2 rings (SSSR count). The van der Waals surface area contributed by atoms with Crippen molar-refractivity contribution in [3.05, 3.63) is 17.5 Å². The molecule has 0 N–H and O–H groups in total. The number of amides is 2. The van der Waals surface area contributed by atoms with Crippen molar-refractivity contribution in [3.63, 3.8) is 0 Å². The van der Waals surface area contributed by atoms with Crippen LogP contribution in [0.5, 0.6) is 0 Å². The van der Waals surface area contributed by atoms with Crippen molar-refractivity contribution in [2.75, 3.05) is 32.8 Å². The summed E-state index contributed by atoms with van der Waals surface area (Å²) in [6.45, 7) is 9.75. The third kappa shape index (κ3) is 6.07. The molecule has 1 saturated heterocycles. The van der Waals surface area contributed by atoms with Crippen molar-refractivity contribution in [1.29, 1.82) is 0 Å². The fourth-order valence-electron chi connectivity index (χ4n) is 3.39. The summed E-state index contributed by atoms with van der Waals surface area (Å²) in [5.74, 6) is 0.0490. The van der Waals surface area contributed by atoms with E-state index >= 15 is 0 Å². The maximum Gasteiger partial charge on any atom is 0.310 e. The first-order valence-electron chi connectivity index (χ1n) is 9.98. The summed E-state index contributed by atoms with van der Waals surface area (Å²) < 4.78 is 10.1. The number of hydrogen-bond donors (Lipinski definition) is 0. The van der Waals surface area contributed by atoms with E-state index in [1.54, 1.807) is 29.7 Å². The topological polar surface area (TPSA) is 93.0 Å². The first-order valence-corrected chi connectivity index (χ1v) is 9.98. The minimum absolute atomic E-state index is 0.0492. The smallest absolute Gasteiger partial charge is 0.310 e. The molecule has 1 aliphatic rings. The van der Waals surface area contributed by atoms with Crippen LogP contribution in [0.25, 0.3) is 0 Å². The van der Waals surface area contributed by atoms with Gasteiger partial charge >= 0.3 is 5.97 Å². The molecule has 0 spiro atoms. The quantitative estimate of drug-likeness (QED) is 0.629. The van der Waals surface area contributed by atoms with E-state index in [1.807, 2.05) is 13.8 Å². The van der Waals surface area contributed by atoms with Gasteiger partial charge < -0.3 is 19.1 Å². The zero-order valence-corrected chi connectivity index (χ0v) is 17.3. The van der Waals surface area contributed by atoms with Gasteiger partial charge in [0.15, 0.2) is 5.69 Å². The molecule has 2 amide bonds. The molecule has 8 nitrogen and oxygen atoms in total. The number of rotatable bonds is 8. The van der Waals surface area contributed by atoms with E-state index < -0.39 is 0 Å². The molecule has 2 heterocycles. The Morgan fingerprint density at radius 1 is 1.39 bits per heavy atom. The maximum absolute atomic E-state index is 12.7. The van der Waals surface area contributed by atoms with Crippen molar-refractivity contribution >= 4 is 17.8 Å². The van der Waals surface area contributed by atoms with E-state index in [0.29, 0.717) is 38.5 Å². The second kappa shape index (κ2) is 10.2. The molecule has 0 aliphatic carbocycles. The monoisotopic (exact) mass is 393 g/mol. The number of aromatic nitrogens is 1. The Morgan fingerprint density at radius 2 is 2.14 bits per heavy atom. The average Bonchev–Trinajstić information content (AvgIpc) is 3.10. The van der Waals surface area contributed by atoms with Gasteiger partial charge in [-0.2, -0.15) is 0 Å². The first-order chi connectivity index (χ1) is 13.3. The Labute approximate surface area is 166 Å². The van der Waals surface area contributed by atoms with Gasteiger partial charge in [0.25, 0.3) is 5.91 Å². The Bertz CT molecular complexity index is 685. The minimum atomic E-state index is -0.260. The van der Waals surface area contributed by atoms with Crippen LogP contribution >= 0.6 is 0 Å². The number of likely N-dealkylation sites (tertiary alicyclic amines) is 1. The number of nitrogens with zero attached hydrogens (tertiary/aromatic N) is 3. The van der Waals surface area contributed by atoms with Crippen molar-refractivity contribution < 1.29 is 23.6 Å². The van der Waals surface area contributed by atoms with E-state index in [0.717, 1.165) is 12.8 Å². The summed E-state index contributed by atoms with van der Waals surface area (Å²) in [5.41, 5.74) is 0.256. The van der Waals surface area contributed by atoms with E-state index in [9.17, 15) is 14.4 Å². The van der Waals surface area contributed by atoms with Crippen molar-refractivity contribution in [2.45, 2.75) is 47.0 Å². The van der Waals surface area contributed by atoms with E-state index in [2.05, 4.69) is 5.16 Å². The molecule has 1 aliphatic heterocycles. The molecule has 156 valence electrons. The van der Waals surface area contributed by atoms with Crippen LogP contribution in [-0.2, 0) is 14.3 Å². The van der Waals surface area contributed by atoms with Crippen LogP contribution in [0.3, 0.4) is 0 Å². The van der Waals surface area contributed by atoms with E-state index in [4.69, 9.17) is 9.26 Å². The van der Waals surface area contributed by atoms with Crippen LogP contribution < -0.4 is 0 Å². The number of carbonyl (C=O) groups excluding carboxylic acids is 3. The lowest BCUT2D eigenvalue weighted by Gasteiger charge is -2.32. The van der Waals surface area contributed by atoms with Gasteiger partial charge in [-0.1, -0.05) is 19.0 Å². The average molecular weight is 393 g/mol. The SMILES string of the molecule is CCOC(=O)C1CCCN(C(=O)CCN(CC(C)C)C(=O)c2cc(C)on2)C1. The highest BCUT2D eigenvalue weighted by atomic mass is 16.5. The summed E-state index contributed by atoms with van der Waals surface area (Å²) in [4.78, 5) is 40.7. The van der Waals surface area contributed by atoms with Crippen LogP contribution in [0, 0.1) is 18.8 Å². The number of esters is 1. The highest BCUT2D eigenvalue weighted by Gasteiger charge is 2.30. The molecule has 8 heteroatoms. The summed E-state index contributed by atoms with van der Waals surface area (Å²) in [7, 11) is 0. The Balaban J connectivity index is 1.95. The normalized spacial score (nSPS) is 16.9. The number of hydrogen-bond acceptors (Lipinski definition) is 6. The van der Waals surface area contributed by atoms with Crippen LogP contribution in [0.1, 0.15) is 56.3 Å². The van der Waals surface area contributed by atoms with Gasteiger partial charge in [0, 0.05) is 38.7 Å². The second-order valence-electron chi connectivity index (χ2n) is 7.65. The second-order valence-corrected chi connectivity index (χ2v) is 7.65. The van der Waals surface area contributed by atoms with Gasteiger partial charge in [-0.25, -0.2) is 0 Å². The van der Waals surface area contributed by atoms with Gasteiger partial charge in [0.2, 0.25) is 5.91 Å². The Morgan fingerprint density at radius 3 is 2.75 bits per heavy atom. The highest BCUT2D eigenvalue weighted by molar-refractivity contribution is 5.92. The van der Waals surface area contributed by atoms with Crippen LogP contribution in [0.2, 0.25) is 0 Å². The molecule has 0 radical (unpaired) electrons. The third-order valence-electron chi connectivity index (χ3n) is 4.71. The lowest BCUT2D eigenvalue weighted by molar-refractivity contribution is -0.151. The molecule has 1 unspecified atom stereocenters. The van der Waals surface area contributed by atoms with Gasteiger partial charge in [0.1, 0.15) is 5.76 Å². The summed E-state index contributed by atoms with van der Waals surface area (Å²) in [5, 5.41) is 3.79. The lowest BCUT2D eigenvalue weighted by Crippen LogP contribution is -2.44. The molecule has 1 fully saturated rings. The van der Waals surface area contributed by atoms with Crippen LogP contribution in [0.4, 0.5) is 0 Å². The van der Waals surface area contributed by atoms with Gasteiger partial charge in [-0.3, -0.25) is 14.4 Å². The fraction of sp³-hybridized carbons (Fsp3) is 0.700. The van der Waals surface area contributed by atoms with Crippen LogP contribution in [0.15, 0.2) is 10.6 Å². The zero-order valence-electron chi connectivity index (χ0n) is 17.3. The fourth-order valence-corrected chi connectivity index (χ4v) is 3.39. The molecular weight excluding hydrogens is 362 g/mol. The predicted octanol–water partition coefficient (Wildman–Crippen LogP) is 2.27. The van der Waals surface area contributed by atoms with E-state index in [-0.39, 0.29) is 41.7 Å². The molecule has 1 atom stereocenters. The Hall–Kier alpha value is -2.38. The first kappa shape index (κ1) is 21.9. The van der Waals surface area contributed by atoms with Crippen molar-refractivity contribution in [2.24, 2.45) is 11.8 Å². The van der Waals surface area contributed by atoms with Gasteiger partial charge in [-0.05, 0) is 32.6 Å². The molecule has 0 bridgehead atoms. The number of carbonyl (C=O) groups is 3. The summed E-state index contributed by atoms with van der Waals surface area (Å²) in [6, 6.07) is 1.60. The molecule has 1 aromatic heterocycles. The van der Waals surface area contributed by atoms with E-state index in [1.165, 1.54) is 0 Å². The lowest BCUT2D eigenvalue weighted by atomic mass is 9.98. The minimum Gasteiger partial charge on any atom is -0.466 e. The van der Waals surface area contributed by atoms with Crippen LogP contribution in [-0.4, -0.2) is 65.5 Å². The van der Waals surface area contributed by atoms with Gasteiger partial charge in [0.05, 0.1) is 12.5 Å². The molecule has 0 aromatic carbocycles. The molecular formula is C20H31N3O5. The predicted molar refractivity (Wildman–Crippen MR) is 103 cm³/mol. The third-order valence-corrected chi connectivity index (χ3v) is 4.71. The molecule has 28 heavy (non-hydrogen) atoms. The van der Waals surface area contributed by atoms with Crippen molar-refractivity contribution in [3.8, 4) is 0 Å². The molecule has 1 aromatic rings. The number of aryl methyl sites for hydroxylation is 1. The highest BCUT2D eigenvalue weighted by Crippen LogP contribution is 2.19. The van der Waals surface area contributed by atoms with Crippen molar-refractivity contribution in [1.82, 2.24) is 15.0 Å². The number of ether oxygens (including phenoxy) is 1. The summed E-state index contributed by atoms with van der Waals surface area (Å²) >= 11 is 0. The standard InChI is InChI=1S/C20H31N3O5/c1-5-27-20(26)16-7-6-9-22(13-16)18(24)8-10-23(12-14(2)3)19(25)17-11-15(4)28-21-17/h11,14,16H,5-10,12-13H2,1-4H3. The maximum atomic E-state index is 12.7. The number of piperidine rings is 1. The largest absolute Gasteiger partial charge is 0.466 e. The molecule has 0 saturated carbocycles. The van der Waals surface area contributed by atoms with Gasteiger partial charge in [-0.15, -0.1) is 0 Å².